The van der Waals surface area contributed by atoms with Crippen LogP contribution in [0.3, 0.4) is 0 Å². The maximum absolute atomic E-state index is 13.2. The van der Waals surface area contributed by atoms with E-state index in [-0.39, 0.29) is 17.0 Å². The van der Waals surface area contributed by atoms with Crippen LogP contribution in [-0.2, 0) is 9.53 Å². The number of anilines is 1. The third-order valence-electron chi connectivity index (χ3n) is 3.96. The molecule has 1 atom stereocenters. The van der Waals surface area contributed by atoms with E-state index < -0.39 is 29.6 Å². The fraction of sp³-hybridized carbons (Fsp3) is 0.100. The number of benzene rings is 3. The quantitative estimate of drug-likeness (QED) is 0.680. The number of rotatable bonds is 4. The number of ether oxygens (including phenoxy) is 1. The second-order valence-electron chi connectivity index (χ2n) is 5.85. The number of nitrogens with one attached hydrogen (secondary N) is 1. The Labute approximate surface area is 153 Å². The Morgan fingerprint density at radius 3 is 2.52 bits per heavy atom. The first kappa shape index (κ1) is 18.3. The molecule has 2 N–H and O–H groups in total. The van der Waals surface area contributed by atoms with Crippen molar-refractivity contribution >= 4 is 28.3 Å². The van der Waals surface area contributed by atoms with Gasteiger partial charge in [-0.1, -0.05) is 30.3 Å². The lowest BCUT2D eigenvalue weighted by atomic mass is 10.1. The topological polar surface area (TPSA) is 75.6 Å². The van der Waals surface area contributed by atoms with Gasteiger partial charge in [-0.3, -0.25) is 4.79 Å². The molecular weight excluding hydrogens is 356 g/mol. The van der Waals surface area contributed by atoms with Gasteiger partial charge in [0.25, 0.3) is 5.91 Å². The zero-order valence-electron chi connectivity index (χ0n) is 14.2. The molecule has 0 saturated heterocycles. The van der Waals surface area contributed by atoms with E-state index in [2.05, 4.69) is 5.32 Å². The molecule has 0 fully saturated rings. The molecule has 0 aromatic heterocycles. The Bertz CT molecular complexity index is 1040. The first-order valence-corrected chi connectivity index (χ1v) is 8.04. The molecule has 3 aromatic carbocycles. The lowest BCUT2D eigenvalue weighted by molar-refractivity contribution is -0.123. The summed E-state index contributed by atoms with van der Waals surface area (Å²) in [6.07, 6.45) is -1.23. The van der Waals surface area contributed by atoms with Crippen molar-refractivity contribution in [3.8, 4) is 5.75 Å². The number of phenols is 1. The van der Waals surface area contributed by atoms with E-state index in [4.69, 9.17) is 4.74 Å². The molecule has 0 unspecified atom stereocenters. The monoisotopic (exact) mass is 371 g/mol. The highest BCUT2D eigenvalue weighted by Crippen LogP contribution is 2.29. The SMILES string of the molecule is C[C@@H](OC(=O)c1ccc2ccccc2c1O)C(=O)Nc1ccc(F)c(F)c1. The highest BCUT2D eigenvalue weighted by molar-refractivity contribution is 6.02. The first-order valence-electron chi connectivity index (χ1n) is 8.04. The predicted octanol–water partition coefficient (Wildman–Crippen LogP) is 4.01. The van der Waals surface area contributed by atoms with Crippen LogP contribution in [0.1, 0.15) is 17.3 Å². The van der Waals surface area contributed by atoms with Crippen molar-refractivity contribution in [1.82, 2.24) is 0 Å². The van der Waals surface area contributed by atoms with Crippen molar-refractivity contribution in [2.75, 3.05) is 5.32 Å². The van der Waals surface area contributed by atoms with E-state index in [1.54, 1.807) is 30.3 Å². The molecule has 0 aliphatic heterocycles. The molecule has 5 nitrogen and oxygen atoms in total. The van der Waals surface area contributed by atoms with Crippen LogP contribution < -0.4 is 5.32 Å². The lowest BCUT2D eigenvalue weighted by Gasteiger charge is -2.14. The smallest absolute Gasteiger partial charge is 0.342 e. The van der Waals surface area contributed by atoms with E-state index >= 15 is 0 Å². The number of amides is 1. The summed E-state index contributed by atoms with van der Waals surface area (Å²) >= 11 is 0. The van der Waals surface area contributed by atoms with Crippen LogP contribution in [0.5, 0.6) is 5.75 Å². The number of halogens is 2. The Morgan fingerprint density at radius 1 is 1.04 bits per heavy atom. The normalized spacial score (nSPS) is 11.8. The molecule has 0 saturated carbocycles. The number of phenolic OH excluding ortho intramolecular Hbond substituents is 1. The van der Waals surface area contributed by atoms with Crippen LogP contribution in [-0.4, -0.2) is 23.1 Å². The second-order valence-corrected chi connectivity index (χ2v) is 5.85. The summed E-state index contributed by atoms with van der Waals surface area (Å²) in [5.74, 6) is -4.01. The summed E-state index contributed by atoms with van der Waals surface area (Å²) in [4.78, 5) is 24.4. The largest absolute Gasteiger partial charge is 0.506 e. The molecule has 0 radical (unpaired) electrons. The Hall–Kier alpha value is -3.48. The Kier molecular flexibility index (Phi) is 5.03. The number of esters is 1. The van der Waals surface area contributed by atoms with E-state index in [0.717, 1.165) is 17.5 Å². The second kappa shape index (κ2) is 7.41. The van der Waals surface area contributed by atoms with Gasteiger partial charge in [0.1, 0.15) is 11.3 Å². The van der Waals surface area contributed by atoms with Crippen molar-refractivity contribution in [3.05, 3.63) is 71.8 Å². The average molecular weight is 371 g/mol. The first-order chi connectivity index (χ1) is 12.9. The van der Waals surface area contributed by atoms with Gasteiger partial charge in [0, 0.05) is 17.1 Å². The molecule has 138 valence electrons. The fourth-order valence-electron chi connectivity index (χ4n) is 2.52. The number of hydrogen-bond acceptors (Lipinski definition) is 4. The molecule has 0 bridgehead atoms. The van der Waals surface area contributed by atoms with Gasteiger partial charge in [-0.25, -0.2) is 13.6 Å². The predicted molar refractivity (Wildman–Crippen MR) is 95.5 cm³/mol. The summed E-state index contributed by atoms with van der Waals surface area (Å²) in [6, 6.07) is 12.9. The molecule has 0 aliphatic carbocycles. The van der Waals surface area contributed by atoms with Gasteiger partial charge < -0.3 is 15.2 Å². The van der Waals surface area contributed by atoms with Gasteiger partial charge in [0.05, 0.1) is 0 Å². The summed E-state index contributed by atoms with van der Waals surface area (Å²) < 4.78 is 31.2. The third kappa shape index (κ3) is 3.87. The minimum Gasteiger partial charge on any atom is -0.506 e. The zero-order valence-corrected chi connectivity index (χ0v) is 14.2. The third-order valence-corrected chi connectivity index (χ3v) is 3.96. The van der Waals surface area contributed by atoms with Crippen molar-refractivity contribution < 1.29 is 28.2 Å². The summed E-state index contributed by atoms with van der Waals surface area (Å²) in [7, 11) is 0. The summed E-state index contributed by atoms with van der Waals surface area (Å²) in [6.45, 7) is 1.32. The zero-order chi connectivity index (χ0) is 19.6. The van der Waals surface area contributed by atoms with E-state index in [1.165, 1.54) is 19.1 Å². The van der Waals surface area contributed by atoms with Crippen LogP contribution >= 0.6 is 0 Å². The highest BCUT2D eigenvalue weighted by atomic mass is 19.2. The van der Waals surface area contributed by atoms with Gasteiger partial charge in [0.15, 0.2) is 17.7 Å². The van der Waals surface area contributed by atoms with Gasteiger partial charge in [0.2, 0.25) is 0 Å². The van der Waals surface area contributed by atoms with E-state index in [1.807, 2.05) is 0 Å². The van der Waals surface area contributed by atoms with Crippen LogP contribution in [0.2, 0.25) is 0 Å². The summed E-state index contributed by atoms with van der Waals surface area (Å²) in [5, 5.41) is 13.8. The van der Waals surface area contributed by atoms with Crippen LogP contribution in [0.4, 0.5) is 14.5 Å². The van der Waals surface area contributed by atoms with Crippen molar-refractivity contribution in [2.24, 2.45) is 0 Å². The van der Waals surface area contributed by atoms with Gasteiger partial charge in [-0.15, -0.1) is 0 Å². The molecule has 3 rings (SSSR count). The van der Waals surface area contributed by atoms with Crippen LogP contribution in [0, 0.1) is 11.6 Å². The molecule has 1 amide bonds. The van der Waals surface area contributed by atoms with Crippen molar-refractivity contribution in [1.29, 1.82) is 0 Å². The highest BCUT2D eigenvalue weighted by Gasteiger charge is 2.22. The van der Waals surface area contributed by atoms with Gasteiger partial charge in [-0.2, -0.15) is 0 Å². The Balaban J connectivity index is 1.72. The van der Waals surface area contributed by atoms with E-state index in [9.17, 15) is 23.5 Å². The molecule has 7 heteroatoms. The standard InChI is InChI=1S/C20H15F2NO4/c1-11(19(25)23-13-7-9-16(21)17(22)10-13)27-20(26)15-8-6-12-4-2-3-5-14(12)18(15)24/h2-11,24H,1H3,(H,23,25)/t11-/m1/s1. The van der Waals surface area contributed by atoms with Crippen molar-refractivity contribution in [3.63, 3.8) is 0 Å². The van der Waals surface area contributed by atoms with Crippen LogP contribution in [0.15, 0.2) is 54.6 Å². The molecule has 0 spiro atoms. The van der Waals surface area contributed by atoms with Gasteiger partial charge >= 0.3 is 5.97 Å². The number of hydrogen-bond donors (Lipinski definition) is 2. The molecule has 0 heterocycles. The number of carbonyl (C=O) groups is 2. The molecule has 27 heavy (non-hydrogen) atoms. The lowest BCUT2D eigenvalue weighted by Crippen LogP contribution is -2.30. The number of aromatic hydroxyl groups is 1. The van der Waals surface area contributed by atoms with Crippen molar-refractivity contribution in [2.45, 2.75) is 13.0 Å². The Morgan fingerprint density at radius 2 is 1.78 bits per heavy atom. The van der Waals surface area contributed by atoms with Gasteiger partial charge in [-0.05, 0) is 30.5 Å². The molecule has 0 aliphatic rings. The minimum atomic E-state index is -1.23. The average Bonchev–Trinajstić information content (AvgIpc) is 2.65. The molecular formula is C20H15F2NO4. The maximum Gasteiger partial charge on any atom is 0.342 e. The minimum absolute atomic E-state index is 0.0235. The fourth-order valence-corrected chi connectivity index (χ4v) is 2.52. The number of fused-ring (bicyclic) bond motifs is 1. The number of carbonyl (C=O) groups excluding carboxylic acids is 2. The van der Waals surface area contributed by atoms with Crippen LogP contribution in [0.25, 0.3) is 10.8 Å². The summed E-state index contributed by atoms with van der Waals surface area (Å²) in [5.41, 5.74) is -0.0588. The molecule has 3 aromatic rings. The maximum atomic E-state index is 13.2. The van der Waals surface area contributed by atoms with E-state index in [0.29, 0.717) is 5.39 Å².